The summed E-state index contributed by atoms with van der Waals surface area (Å²) in [7, 11) is 0. The highest BCUT2D eigenvalue weighted by Gasteiger charge is 2.37. The van der Waals surface area contributed by atoms with E-state index in [0.717, 1.165) is 42.8 Å². The molecule has 0 amide bonds. The molecule has 1 aliphatic carbocycles. The highest BCUT2D eigenvalue weighted by atomic mass is 16.2. The van der Waals surface area contributed by atoms with Crippen molar-refractivity contribution in [3.63, 3.8) is 0 Å². The molecule has 1 fully saturated rings. The average Bonchev–Trinajstić information content (AvgIpc) is 3.22. The lowest BCUT2D eigenvalue weighted by Gasteiger charge is -2.34. The van der Waals surface area contributed by atoms with Gasteiger partial charge in [0.25, 0.3) is 0 Å². The normalized spacial score (nSPS) is 23.4. The van der Waals surface area contributed by atoms with Gasteiger partial charge in [-0.3, -0.25) is 4.57 Å². The van der Waals surface area contributed by atoms with Gasteiger partial charge < -0.3 is 0 Å². The molecule has 3 aromatic rings. The standard InChI is InChI=1S/C20H18N6O/c21-11-15-10-17(23-12-22-15)14-8-16(9-14)26-20(27)25-18(6-7-19(25)24-26)13-4-2-1-3-5-13/h1-5,10,12,14,16,18H,6-9H2/t14?,16?,18-/m0/s1. The van der Waals surface area contributed by atoms with Gasteiger partial charge in [0, 0.05) is 18.0 Å². The van der Waals surface area contributed by atoms with Crippen LogP contribution in [0.2, 0.25) is 0 Å². The molecule has 3 heterocycles. The summed E-state index contributed by atoms with van der Waals surface area (Å²) in [6, 6.07) is 14.1. The molecule has 1 aliphatic heterocycles. The van der Waals surface area contributed by atoms with E-state index in [1.54, 1.807) is 10.7 Å². The third-order valence-electron chi connectivity index (χ3n) is 5.72. The maximum atomic E-state index is 13.0. The van der Waals surface area contributed by atoms with E-state index in [0.29, 0.717) is 5.69 Å². The molecule has 2 aliphatic rings. The predicted molar refractivity (Wildman–Crippen MR) is 97.1 cm³/mol. The van der Waals surface area contributed by atoms with Gasteiger partial charge in [-0.25, -0.2) is 19.4 Å². The molecule has 0 radical (unpaired) electrons. The van der Waals surface area contributed by atoms with Gasteiger partial charge in [0.2, 0.25) is 0 Å². The number of hydrogen-bond donors (Lipinski definition) is 0. The summed E-state index contributed by atoms with van der Waals surface area (Å²) in [5.74, 6) is 1.13. The largest absolute Gasteiger partial charge is 0.346 e. The minimum absolute atomic E-state index is 0.0137. The van der Waals surface area contributed by atoms with Crippen molar-refractivity contribution in [2.45, 2.75) is 43.7 Å². The van der Waals surface area contributed by atoms with Crippen molar-refractivity contribution in [1.29, 1.82) is 5.26 Å². The van der Waals surface area contributed by atoms with E-state index in [9.17, 15) is 4.79 Å². The molecule has 0 spiro atoms. The summed E-state index contributed by atoms with van der Waals surface area (Å²) < 4.78 is 3.52. The van der Waals surface area contributed by atoms with Crippen molar-refractivity contribution in [1.82, 2.24) is 24.3 Å². The molecule has 7 heteroatoms. The Bertz CT molecular complexity index is 1090. The SMILES string of the molecule is N#Cc1cc(C2CC(n3nc4n(c3=O)[C@H](c3ccccc3)CC4)C2)ncn1. The zero-order chi connectivity index (χ0) is 18.4. The number of aromatic nitrogens is 5. The maximum Gasteiger partial charge on any atom is 0.346 e. The highest BCUT2D eigenvalue weighted by molar-refractivity contribution is 5.25. The molecule has 2 aromatic heterocycles. The number of rotatable bonds is 3. The first-order valence-corrected chi connectivity index (χ1v) is 9.21. The molecule has 5 rings (SSSR count). The molecule has 134 valence electrons. The summed E-state index contributed by atoms with van der Waals surface area (Å²) in [6.45, 7) is 0. The minimum atomic E-state index is -0.0137. The summed E-state index contributed by atoms with van der Waals surface area (Å²) in [4.78, 5) is 21.2. The smallest absolute Gasteiger partial charge is 0.271 e. The van der Waals surface area contributed by atoms with Gasteiger partial charge in [0.1, 0.15) is 23.9 Å². The molecule has 7 nitrogen and oxygen atoms in total. The van der Waals surface area contributed by atoms with Crippen molar-refractivity contribution < 1.29 is 0 Å². The van der Waals surface area contributed by atoms with Gasteiger partial charge in [-0.15, -0.1) is 0 Å². The summed E-state index contributed by atoms with van der Waals surface area (Å²) >= 11 is 0. The van der Waals surface area contributed by atoms with Crippen molar-refractivity contribution in [2.24, 2.45) is 0 Å². The van der Waals surface area contributed by atoms with Gasteiger partial charge in [-0.05, 0) is 30.9 Å². The average molecular weight is 358 g/mol. The highest BCUT2D eigenvalue weighted by Crippen LogP contribution is 2.43. The monoisotopic (exact) mass is 358 g/mol. The number of benzene rings is 1. The Labute approximate surface area is 155 Å². The molecule has 0 saturated heterocycles. The van der Waals surface area contributed by atoms with Crippen LogP contribution in [-0.2, 0) is 6.42 Å². The lowest BCUT2D eigenvalue weighted by molar-refractivity contribution is 0.233. The molecule has 1 atom stereocenters. The van der Waals surface area contributed by atoms with Crippen LogP contribution in [-0.4, -0.2) is 24.3 Å². The fourth-order valence-electron chi connectivity index (χ4n) is 4.23. The number of nitriles is 1. The Kier molecular flexibility index (Phi) is 3.64. The predicted octanol–water partition coefficient (Wildman–Crippen LogP) is 2.36. The van der Waals surface area contributed by atoms with E-state index in [-0.39, 0.29) is 23.7 Å². The molecule has 0 bridgehead atoms. The van der Waals surface area contributed by atoms with Crippen LogP contribution < -0.4 is 5.69 Å². The van der Waals surface area contributed by atoms with Crippen molar-refractivity contribution in [3.05, 3.63) is 76.0 Å². The second-order valence-corrected chi connectivity index (χ2v) is 7.24. The molecule has 1 saturated carbocycles. The van der Waals surface area contributed by atoms with Gasteiger partial charge in [-0.1, -0.05) is 30.3 Å². The number of aryl methyl sites for hydroxylation is 1. The first-order chi connectivity index (χ1) is 13.2. The minimum Gasteiger partial charge on any atom is -0.271 e. The number of nitrogens with zero attached hydrogens (tertiary/aromatic N) is 6. The van der Waals surface area contributed by atoms with Crippen LogP contribution in [0.5, 0.6) is 0 Å². The molecule has 27 heavy (non-hydrogen) atoms. The Morgan fingerprint density at radius 1 is 1.15 bits per heavy atom. The van der Waals surface area contributed by atoms with E-state index in [1.165, 1.54) is 6.33 Å². The molecule has 1 aromatic carbocycles. The van der Waals surface area contributed by atoms with Gasteiger partial charge >= 0.3 is 5.69 Å². The second-order valence-electron chi connectivity index (χ2n) is 7.24. The van der Waals surface area contributed by atoms with E-state index in [4.69, 9.17) is 5.26 Å². The van der Waals surface area contributed by atoms with Gasteiger partial charge in [0.15, 0.2) is 0 Å². The second kappa shape index (κ2) is 6.16. The quantitative estimate of drug-likeness (QED) is 0.717. The molecular weight excluding hydrogens is 340 g/mol. The Morgan fingerprint density at radius 2 is 1.96 bits per heavy atom. The molecule has 0 N–H and O–H groups in total. The first kappa shape index (κ1) is 15.9. The van der Waals surface area contributed by atoms with Crippen LogP contribution >= 0.6 is 0 Å². The van der Waals surface area contributed by atoms with E-state index in [1.807, 2.05) is 28.8 Å². The lowest BCUT2D eigenvalue weighted by Crippen LogP contribution is -2.35. The fraction of sp³-hybridized carbons (Fsp3) is 0.350. The molecular formula is C20H18N6O. The number of hydrogen-bond acceptors (Lipinski definition) is 5. The van der Waals surface area contributed by atoms with Crippen LogP contribution in [0, 0.1) is 11.3 Å². The summed E-state index contributed by atoms with van der Waals surface area (Å²) in [5, 5.41) is 13.6. The third kappa shape index (κ3) is 2.56. The van der Waals surface area contributed by atoms with E-state index in [2.05, 4.69) is 27.2 Å². The van der Waals surface area contributed by atoms with Crippen LogP contribution in [0.15, 0.2) is 47.5 Å². The Hall–Kier alpha value is -3.27. The van der Waals surface area contributed by atoms with Crippen molar-refractivity contribution in [2.75, 3.05) is 0 Å². The Balaban J connectivity index is 1.38. The third-order valence-corrected chi connectivity index (χ3v) is 5.72. The topological polar surface area (TPSA) is 89.4 Å². The van der Waals surface area contributed by atoms with E-state index >= 15 is 0 Å². The summed E-state index contributed by atoms with van der Waals surface area (Å²) in [5.41, 5.74) is 2.40. The van der Waals surface area contributed by atoms with Crippen LogP contribution in [0.4, 0.5) is 0 Å². The first-order valence-electron chi connectivity index (χ1n) is 9.21. The maximum absolute atomic E-state index is 13.0. The lowest BCUT2D eigenvalue weighted by atomic mass is 9.78. The van der Waals surface area contributed by atoms with E-state index < -0.39 is 0 Å². The summed E-state index contributed by atoms with van der Waals surface area (Å²) in [6.07, 6.45) is 4.81. The van der Waals surface area contributed by atoms with Crippen molar-refractivity contribution in [3.8, 4) is 6.07 Å². The fourth-order valence-corrected chi connectivity index (χ4v) is 4.23. The zero-order valence-corrected chi connectivity index (χ0v) is 14.7. The van der Waals surface area contributed by atoms with Crippen LogP contribution in [0.1, 0.15) is 60.0 Å². The van der Waals surface area contributed by atoms with Crippen LogP contribution in [0.25, 0.3) is 0 Å². The van der Waals surface area contributed by atoms with Gasteiger partial charge in [-0.2, -0.15) is 10.4 Å². The number of fused-ring (bicyclic) bond motifs is 1. The van der Waals surface area contributed by atoms with Gasteiger partial charge in [0.05, 0.1) is 12.1 Å². The Morgan fingerprint density at radius 3 is 2.74 bits per heavy atom. The van der Waals surface area contributed by atoms with Crippen LogP contribution in [0.3, 0.4) is 0 Å². The van der Waals surface area contributed by atoms with Crippen molar-refractivity contribution >= 4 is 0 Å². The zero-order valence-electron chi connectivity index (χ0n) is 14.7. The molecule has 0 unspecified atom stereocenters.